The number of aliphatic hydroxyl groups excluding tert-OH is 1. The Morgan fingerprint density at radius 1 is 1.35 bits per heavy atom. The lowest BCUT2D eigenvalue weighted by Crippen LogP contribution is -2.29. The summed E-state index contributed by atoms with van der Waals surface area (Å²) in [6.07, 6.45) is 0.858. The number of halogens is 4. The number of rotatable bonds is 3. The van der Waals surface area contributed by atoms with Gasteiger partial charge in [0.05, 0.1) is 16.6 Å². The molecule has 1 aliphatic rings. The molecule has 1 aliphatic carbocycles. The monoisotopic (exact) mass is 327 g/mol. The standard InChI is InChI=1S/C11H12BrF2NO.ClH/c12-6-3-4-7(13)8(9(6)14)10(15)11(16)5-1-2-5;/h3-5,10-11,16H,1-2,15H2;1H/t10-,11+;/m0./s1. The van der Waals surface area contributed by atoms with Crippen molar-refractivity contribution in [1.29, 1.82) is 0 Å². The molecule has 0 bridgehead atoms. The molecule has 96 valence electrons. The van der Waals surface area contributed by atoms with E-state index in [1.165, 1.54) is 6.07 Å². The third-order valence-electron chi connectivity index (χ3n) is 2.89. The van der Waals surface area contributed by atoms with E-state index in [4.69, 9.17) is 5.73 Å². The normalized spacial score (nSPS) is 18.4. The van der Waals surface area contributed by atoms with E-state index in [0.717, 1.165) is 18.9 Å². The Hall–Kier alpha value is -0.230. The van der Waals surface area contributed by atoms with Gasteiger partial charge in [-0.2, -0.15) is 0 Å². The minimum Gasteiger partial charge on any atom is -0.391 e. The number of benzene rings is 1. The average molecular weight is 329 g/mol. The van der Waals surface area contributed by atoms with Gasteiger partial charge in [-0.3, -0.25) is 0 Å². The summed E-state index contributed by atoms with van der Waals surface area (Å²) in [5.41, 5.74) is 5.46. The van der Waals surface area contributed by atoms with Gasteiger partial charge >= 0.3 is 0 Å². The van der Waals surface area contributed by atoms with E-state index >= 15 is 0 Å². The second-order valence-electron chi connectivity index (χ2n) is 4.11. The van der Waals surface area contributed by atoms with Crippen molar-refractivity contribution in [2.45, 2.75) is 25.0 Å². The molecule has 3 N–H and O–H groups in total. The van der Waals surface area contributed by atoms with E-state index in [1.807, 2.05) is 0 Å². The Kier molecular flexibility index (Phi) is 4.89. The van der Waals surface area contributed by atoms with Gasteiger partial charge in [0.25, 0.3) is 0 Å². The predicted octanol–water partition coefficient (Wildman–Crippen LogP) is 2.92. The lowest BCUT2D eigenvalue weighted by Gasteiger charge is -2.20. The minimum absolute atomic E-state index is 0. The molecule has 2 nitrogen and oxygen atoms in total. The summed E-state index contributed by atoms with van der Waals surface area (Å²) < 4.78 is 27.3. The summed E-state index contributed by atoms with van der Waals surface area (Å²) in [6, 6.07) is 1.41. The molecular formula is C11H13BrClF2NO. The van der Waals surface area contributed by atoms with Gasteiger partial charge in [-0.05, 0) is 46.8 Å². The predicted molar refractivity (Wildman–Crippen MR) is 67.0 cm³/mol. The number of hydrogen-bond donors (Lipinski definition) is 2. The first-order chi connectivity index (χ1) is 7.52. The summed E-state index contributed by atoms with van der Waals surface area (Å²) >= 11 is 2.97. The van der Waals surface area contributed by atoms with Crippen LogP contribution in [-0.2, 0) is 0 Å². The van der Waals surface area contributed by atoms with E-state index in [0.29, 0.717) is 0 Å². The van der Waals surface area contributed by atoms with Crippen molar-refractivity contribution < 1.29 is 13.9 Å². The average Bonchev–Trinajstić information content (AvgIpc) is 3.06. The van der Waals surface area contributed by atoms with Gasteiger partial charge in [-0.25, -0.2) is 8.78 Å². The van der Waals surface area contributed by atoms with E-state index in [1.54, 1.807) is 0 Å². The molecule has 0 aromatic heterocycles. The van der Waals surface area contributed by atoms with E-state index in [9.17, 15) is 13.9 Å². The van der Waals surface area contributed by atoms with Crippen LogP contribution in [0.1, 0.15) is 24.4 Å². The zero-order chi connectivity index (χ0) is 11.9. The Morgan fingerprint density at radius 2 is 1.94 bits per heavy atom. The fraction of sp³-hybridized carbons (Fsp3) is 0.455. The molecule has 2 rings (SSSR count). The molecule has 0 saturated heterocycles. The topological polar surface area (TPSA) is 46.2 Å². The van der Waals surface area contributed by atoms with Crippen molar-refractivity contribution in [1.82, 2.24) is 0 Å². The van der Waals surface area contributed by atoms with Crippen LogP contribution >= 0.6 is 28.3 Å². The van der Waals surface area contributed by atoms with Crippen LogP contribution in [0.5, 0.6) is 0 Å². The quantitative estimate of drug-likeness (QED) is 0.838. The van der Waals surface area contributed by atoms with Gasteiger partial charge in [0.1, 0.15) is 11.6 Å². The van der Waals surface area contributed by atoms with Crippen molar-refractivity contribution >= 4 is 28.3 Å². The highest BCUT2D eigenvalue weighted by molar-refractivity contribution is 9.10. The first kappa shape index (κ1) is 14.8. The zero-order valence-corrected chi connectivity index (χ0v) is 11.3. The van der Waals surface area contributed by atoms with Crippen molar-refractivity contribution in [2.75, 3.05) is 0 Å². The summed E-state index contributed by atoms with van der Waals surface area (Å²) in [6.45, 7) is 0. The highest BCUT2D eigenvalue weighted by Gasteiger charge is 2.36. The molecule has 1 fully saturated rings. The van der Waals surface area contributed by atoms with Crippen molar-refractivity contribution in [2.24, 2.45) is 11.7 Å². The zero-order valence-electron chi connectivity index (χ0n) is 8.87. The Labute approximate surface area is 113 Å². The van der Waals surface area contributed by atoms with E-state index in [2.05, 4.69) is 15.9 Å². The van der Waals surface area contributed by atoms with Gasteiger partial charge in [0, 0.05) is 5.56 Å². The van der Waals surface area contributed by atoms with Crippen LogP contribution in [0, 0.1) is 17.6 Å². The highest BCUT2D eigenvalue weighted by Crippen LogP contribution is 2.38. The van der Waals surface area contributed by atoms with Crippen LogP contribution in [0.15, 0.2) is 16.6 Å². The Bertz CT molecular complexity index is 415. The van der Waals surface area contributed by atoms with Crippen LogP contribution in [-0.4, -0.2) is 11.2 Å². The molecule has 1 saturated carbocycles. The van der Waals surface area contributed by atoms with Gasteiger partial charge < -0.3 is 10.8 Å². The second kappa shape index (κ2) is 5.61. The Balaban J connectivity index is 0.00000144. The summed E-state index contributed by atoms with van der Waals surface area (Å²) in [7, 11) is 0. The molecule has 0 spiro atoms. The summed E-state index contributed by atoms with van der Waals surface area (Å²) in [4.78, 5) is 0. The second-order valence-corrected chi connectivity index (χ2v) is 4.97. The SMILES string of the molecule is Cl.N[C@@H](c1c(F)ccc(Br)c1F)[C@H](O)C1CC1. The molecular weight excluding hydrogens is 315 g/mol. The molecule has 6 heteroatoms. The lowest BCUT2D eigenvalue weighted by molar-refractivity contribution is 0.119. The molecule has 0 heterocycles. The van der Waals surface area contributed by atoms with E-state index < -0.39 is 23.8 Å². The van der Waals surface area contributed by atoms with Crippen LogP contribution in [0.25, 0.3) is 0 Å². The first-order valence-corrected chi connectivity index (χ1v) is 5.88. The van der Waals surface area contributed by atoms with Gasteiger partial charge in [0.2, 0.25) is 0 Å². The molecule has 1 aromatic rings. The summed E-state index contributed by atoms with van der Waals surface area (Å²) in [5, 5.41) is 9.78. The maximum absolute atomic E-state index is 13.7. The summed E-state index contributed by atoms with van der Waals surface area (Å²) in [5.74, 6) is -1.37. The van der Waals surface area contributed by atoms with E-state index in [-0.39, 0.29) is 28.4 Å². The molecule has 17 heavy (non-hydrogen) atoms. The third kappa shape index (κ3) is 2.96. The largest absolute Gasteiger partial charge is 0.391 e. The van der Waals surface area contributed by atoms with Crippen molar-refractivity contribution in [3.63, 3.8) is 0 Å². The molecule has 1 aromatic carbocycles. The fourth-order valence-corrected chi connectivity index (χ4v) is 2.10. The third-order valence-corrected chi connectivity index (χ3v) is 3.50. The van der Waals surface area contributed by atoms with Crippen LogP contribution < -0.4 is 5.73 Å². The van der Waals surface area contributed by atoms with Gasteiger partial charge in [0.15, 0.2) is 0 Å². The highest BCUT2D eigenvalue weighted by atomic mass is 79.9. The molecule has 0 radical (unpaired) electrons. The fourth-order valence-electron chi connectivity index (χ4n) is 1.75. The smallest absolute Gasteiger partial charge is 0.145 e. The number of aliphatic hydroxyl groups is 1. The lowest BCUT2D eigenvalue weighted by atomic mass is 9.98. The van der Waals surface area contributed by atoms with Crippen LogP contribution in [0.3, 0.4) is 0 Å². The molecule has 0 amide bonds. The van der Waals surface area contributed by atoms with Gasteiger partial charge in [-0.15, -0.1) is 12.4 Å². The van der Waals surface area contributed by atoms with Gasteiger partial charge in [-0.1, -0.05) is 0 Å². The first-order valence-electron chi connectivity index (χ1n) is 5.09. The van der Waals surface area contributed by atoms with Crippen LogP contribution in [0.4, 0.5) is 8.78 Å². The molecule has 2 atom stereocenters. The Morgan fingerprint density at radius 3 is 2.47 bits per heavy atom. The maximum Gasteiger partial charge on any atom is 0.145 e. The molecule has 0 aliphatic heterocycles. The minimum atomic E-state index is -1.01. The molecule has 0 unspecified atom stereocenters. The maximum atomic E-state index is 13.7. The van der Waals surface area contributed by atoms with Crippen LogP contribution in [0.2, 0.25) is 0 Å². The number of hydrogen-bond acceptors (Lipinski definition) is 2. The van der Waals surface area contributed by atoms with Crippen molar-refractivity contribution in [3.8, 4) is 0 Å². The van der Waals surface area contributed by atoms with Crippen molar-refractivity contribution in [3.05, 3.63) is 33.8 Å². The number of nitrogens with two attached hydrogens (primary N) is 1.